The molecular formula is C45H58N2O4. The fourth-order valence-corrected chi connectivity index (χ4v) is 8.60. The molecule has 4 aromatic carbocycles. The molecule has 0 saturated carbocycles. The standard InChI is InChI=1S/C45H58N2O4/c1-31-25-43(3,4)46(41-15-11-9-13-39(31)41)27-35(48)29-50-37-21-17-33(18-22-37)45(7,8)34-19-23-38(24-20-34)51-30-36(49)28-47-42-16-12-10-14-40(42)32(2)26-44(47,5)6/h9-24,31-32,35-36,48-49H,25-30H2,1-8H3. The molecule has 0 saturated heterocycles. The van der Waals surface area contributed by atoms with Gasteiger partial charge in [0, 0.05) is 41.0 Å². The molecule has 2 aliphatic rings. The molecule has 0 amide bonds. The van der Waals surface area contributed by atoms with Gasteiger partial charge in [-0.1, -0.05) is 88.4 Å². The third-order valence-corrected chi connectivity index (χ3v) is 11.4. The van der Waals surface area contributed by atoms with E-state index < -0.39 is 12.2 Å². The molecule has 2 N–H and O–H groups in total. The summed E-state index contributed by atoms with van der Waals surface area (Å²) < 4.78 is 12.2. The van der Waals surface area contributed by atoms with Gasteiger partial charge in [0.1, 0.15) is 36.9 Å². The van der Waals surface area contributed by atoms with Crippen LogP contribution in [0.25, 0.3) is 0 Å². The summed E-state index contributed by atoms with van der Waals surface area (Å²) in [4.78, 5) is 4.69. The Bertz CT molecular complexity index is 1630. The van der Waals surface area contributed by atoms with E-state index in [1.165, 1.54) is 33.6 Å². The molecule has 0 fully saturated rings. The van der Waals surface area contributed by atoms with E-state index in [4.69, 9.17) is 9.47 Å². The van der Waals surface area contributed by atoms with Crippen LogP contribution >= 0.6 is 0 Å². The van der Waals surface area contributed by atoms with Crippen molar-refractivity contribution in [2.45, 2.75) is 109 Å². The Labute approximate surface area is 306 Å². The van der Waals surface area contributed by atoms with Gasteiger partial charge in [0.05, 0.1) is 0 Å². The number of hydrogen-bond acceptors (Lipinski definition) is 6. The number of aliphatic hydroxyl groups excluding tert-OH is 2. The molecule has 2 heterocycles. The van der Waals surface area contributed by atoms with Gasteiger partial charge < -0.3 is 29.5 Å². The van der Waals surface area contributed by atoms with Gasteiger partial charge in [-0.3, -0.25) is 0 Å². The molecule has 4 aromatic rings. The lowest BCUT2D eigenvalue weighted by Crippen LogP contribution is -2.52. The summed E-state index contributed by atoms with van der Waals surface area (Å²) in [5, 5.41) is 22.1. The van der Waals surface area contributed by atoms with E-state index >= 15 is 0 Å². The molecule has 0 radical (unpaired) electrons. The fourth-order valence-electron chi connectivity index (χ4n) is 8.60. The lowest BCUT2D eigenvalue weighted by molar-refractivity contribution is 0.106. The van der Waals surface area contributed by atoms with E-state index in [9.17, 15) is 10.2 Å². The summed E-state index contributed by atoms with van der Waals surface area (Å²) >= 11 is 0. The van der Waals surface area contributed by atoms with Crippen molar-refractivity contribution in [2.75, 3.05) is 36.1 Å². The van der Waals surface area contributed by atoms with E-state index in [1.807, 2.05) is 24.3 Å². The monoisotopic (exact) mass is 690 g/mol. The average Bonchev–Trinajstić information content (AvgIpc) is 3.10. The predicted octanol–water partition coefficient (Wildman–Crippen LogP) is 9.08. The fraction of sp³-hybridized carbons (Fsp3) is 0.467. The second-order valence-corrected chi connectivity index (χ2v) is 16.8. The molecule has 6 nitrogen and oxygen atoms in total. The van der Waals surface area contributed by atoms with Gasteiger partial charge in [-0.05, 0) is 111 Å². The third kappa shape index (κ3) is 7.93. The van der Waals surface area contributed by atoms with Crippen LogP contribution in [-0.2, 0) is 5.41 Å². The second kappa shape index (κ2) is 14.6. The average molecular weight is 691 g/mol. The minimum atomic E-state index is -0.624. The van der Waals surface area contributed by atoms with E-state index in [0.29, 0.717) is 24.9 Å². The van der Waals surface area contributed by atoms with Gasteiger partial charge >= 0.3 is 0 Å². The van der Waals surface area contributed by atoms with Crippen molar-refractivity contribution in [2.24, 2.45) is 0 Å². The Kier molecular flexibility index (Phi) is 10.5. The molecule has 272 valence electrons. The minimum Gasteiger partial charge on any atom is -0.491 e. The molecule has 6 heteroatoms. The highest BCUT2D eigenvalue weighted by molar-refractivity contribution is 5.60. The van der Waals surface area contributed by atoms with Crippen LogP contribution in [0.5, 0.6) is 11.5 Å². The van der Waals surface area contributed by atoms with E-state index in [0.717, 1.165) is 24.3 Å². The maximum absolute atomic E-state index is 11.1. The molecular weight excluding hydrogens is 633 g/mol. The largest absolute Gasteiger partial charge is 0.491 e. The summed E-state index contributed by atoms with van der Waals surface area (Å²) in [5.74, 6) is 2.46. The van der Waals surface area contributed by atoms with E-state index in [-0.39, 0.29) is 29.7 Å². The molecule has 0 aromatic heterocycles. The molecule has 2 aliphatic heterocycles. The number of β-amino-alcohol motifs (C(OH)–C–C–N with tert-alkyl or cyclic N) is 2. The number of para-hydroxylation sites is 2. The third-order valence-electron chi connectivity index (χ3n) is 11.4. The van der Waals surface area contributed by atoms with Crippen molar-refractivity contribution in [1.29, 1.82) is 0 Å². The summed E-state index contributed by atoms with van der Waals surface area (Å²) in [6.07, 6.45) is 0.836. The number of anilines is 2. The highest BCUT2D eigenvalue weighted by atomic mass is 16.5. The Morgan fingerprint density at radius 3 is 1.33 bits per heavy atom. The van der Waals surface area contributed by atoms with Crippen molar-refractivity contribution < 1.29 is 19.7 Å². The van der Waals surface area contributed by atoms with Crippen molar-refractivity contribution in [3.63, 3.8) is 0 Å². The number of hydrogen-bond donors (Lipinski definition) is 2. The van der Waals surface area contributed by atoms with Crippen LogP contribution in [0.15, 0.2) is 97.1 Å². The highest BCUT2D eigenvalue weighted by Gasteiger charge is 2.38. The first-order valence-corrected chi connectivity index (χ1v) is 18.7. The maximum Gasteiger partial charge on any atom is 0.119 e. The number of benzene rings is 4. The molecule has 4 unspecified atom stereocenters. The maximum atomic E-state index is 11.1. The molecule has 0 aliphatic carbocycles. The highest BCUT2D eigenvalue weighted by Crippen LogP contribution is 2.44. The smallest absolute Gasteiger partial charge is 0.119 e. The van der Waals surface area contributed by atoms with E-state index in [1.54, 1.807) is 0 Å². The SMILES string of the molecule is CC1CC(C)(C)N(CC(O)COc2ccc(C(C)(C)c3ccc(OCC(O)CN4c5ccccc5C(C)CC4(C)C)cc3)cc2)c2ccccc21. The topological polar surface area (TPSA) is 65.4 Å². The lowest BCUT2D eigenvalue weighted by atomic mass is 9.78. The first-order chi connectivity index (χ1) is 24.2. The van der Waals surface area contributed by atoms with Crippen molar-refractivity contribution in [1.82, 2.24) is 0 Å². The molecule has 0 bridgehead atoms. The Hall–Kier alpha value is -4.00. The zero-order valence-electron chi connectivity index (χ0n) is 31.9. The number of fused-ring (bicyclic) bond motifs is 2. The van der Waals surface area contributed by atoms with Crippen LogP contribution in [-0.4, -0.2) is 59.8 Å². The first-order valence-electron chi connectivity index (χ1n) is 18.7. The number of rotatable bonds is 12. The van der Waals surface area contributed by atoms with Crippen LogP contribution in [0.3, 0.4) is 0 Å². The summed E-state index contributed by atoms with van der Waals surface area (Å²) in [6.45, 7) is 19.5. The number of nitrogens with zero attached hydrogens (tertiary/aromatic N) is 2. The van der Waals surface area contributed by atoms with Crippen molar-refractivity contribution in [3.05, 3.63) is 119 Å². The molecule has 4 atom stereocenters. The van der Waals surface area contributed by atoms with Crippen LogP contribution in [0.1, 0.15) is 102 Å². The summed E-state index contributed by atoms with van der Waals surface area (Å²) in [7, 11) is 0. The van der Waals surface area contributed by atoms with Crippen LogP contribution < -0.4 is 19.3 Å². The van der Waals surface area contributed by atoms with Gasteiger partial charge in [0.15, 0.2) is 0 Å². The Balaban J connectivity index is 1.02. The van der Waals surface area contributed by atoms with Crippen LogP contribution in [0, 0.1) is 0 Å². The van der Waals surface area contributed by atoms with E-state index in [2.05, 4.69) is 138 Å². The second-order valence-electron chi connectivity index (χ2n) is 16.8. The molecule has 51 heavy (non-hydrogen) atoms. The molecule has 0 spiro atoms. The minimum absolute atomic E-state index is 0.0512. The van der Waals surface area contributed by atoms with Gasteiger partial charge in [-0.25, -0.2) is 0 Å². The van der Waals surface area contributed by atoms with Gasteiger partial charge in [-0.15, -0.1) is 0 Å². The summed E-state index contributed by atoms with van der Waals surface area (Å²) in [5.41, 5.74) is 7.10. The predicted molar refractivity (Wildman–Crippen MR) is 210 cm³/mol. The zero-order chi connectivity index (χ0) is 36.6. The molecule has 6 rings (SSSR count). The van der Waals surface area contributed by atoms with Crippen molar-refractivity contribution in [3.8, 4) is 11.5 Å². The summed E-state index contributed by atoms with van der Waals surface area (Å²) in [6, 6.07) is 33.5. The number of ether oxygens (including phenoxy) is 2. The van der Waals surface area contributed by atoms with Crippen LogP contribution in [0.2, 0.25) is 0 Å². The quantitative estimate of drug-likeness (QED) is 0.155. The first kappa shape index (κ1) is 36.8. The van der Waals surface area contributed by atoms with Gasteiger partial charge in [0.25, 0.3) is 0 Å². The normalized spacial score (nSPS) is 20.6. The van der Waals surface area contributed by atoms with Crippen molar-refractivity contribution >= 4 is 11.4 Å². The van der Waals surface area contributed by atoms with Gasteiger partial charge in [-0.2, -0.15) is 0 Å². The Morgan fingerprint density at radius 1 is 0.608 bits per heavy atom. The van der Waals surface area contributed by atoms with Gasteiger partial charge in [0.2, 0.25) is 0 Å². The number of aliphatic hydroxyl groups is 2. The lowest BCUT2D eigenvalue weighted by Gasteiger charge is -2.48. The van der Waals surface area contributed by atoms with Crippen LogP contribution in [0.4, 0.5) is 11.4 Å². The zero-order valence-corrected chi connectivity index (χ0v) is 31.9. The Morgan fingerprint density at radius 2 is 0.961 bits per heavy atom.